The Labute approximate surface area is 241 Å². The molecule has 0 aliphatic carbocycles. The van der Waals surface area contributed by atoms with E-state index in [1.54, 1.807) is 0 Å². The Hall–Kier alpha value is -3.57. The number of aromatic nitrogens is 2. The van der Waals surface area contributed by atoms with Crippen molar-refractivity contribution in [3.63, 3.8) is 0 Å². The van der Waals surface area contributed by atoms with Crippen LogP contribution in [0.25, 0.3) is 11.3 Å². The zero-order chi connectivity index (χ0) is 30.3. The highest BCUT2D eigenvalue weighted by atomic mass is 35.5. The smallest absolute Gasteiger partial charge is 0.425 e. The van der Waals surface area contributed by atoms with Crippen LogP contribution >= 0.6 is 11.6 Å². The summed E-state index contributed by atoms with van der Waals surface area (Å²) in [7, 11) is 0. The summed E-state index contributed by atoms with van der Waals surface area (Å²) in [6.07, 6.45) is -3.96. The van der Waals surface area contributed by atoms with Crippen molar-refractivity contribution >= 4 is 23.4 Å². The molecule has 0 aliphatic rings. The van der Waals surface area contributed by atoms with Crippen molar-refractivity contribution in [2.75, 3.05) is 6.61 Å². The number of aryl methyl sites for hydroxylation is 1. The van der Waals surface area contributed by atoms with Crippen molar-refractivity contribution in [2.24, 2.45) is 0 Å². The number of hydrogen-bond acceptors (Lipinski definition) is 5. The van der Waals surface area contributed by atoms with E-state index in [2.05, 4.69) is 10.6 Å². The maximum Gasteiger partial charge on any atom is 0.425 e. The molecular weight excluding hydrogens is 561 g/mol. The van der Waals surface area contributed by atoms with Gasteiger partial charge in [0.2, 0.25) is 5.91 Å². The molecule has 2 amide bonds. The molecule has 12 heteroatoms. The average Bonchev–Trinajstić information content (AvgIpc) is 3.34. The molecule has 0 spiro atoms. The van der Waals surface area contributed by atoms with E-state index >= 15 is 0 Å². The van der Waals surface area contributed by atoms with Crippen LogP contribution in [-0.4, -0.2) is 51.4 Å². The van der Waals surface area contributed by atoms with Crippen molar-refractivity contribution in [1.29, 1.82) is 0 Å². The highest BCUT2D eigenvalue weighted by Gasteiger charge is 2.38. The summed E-state index contributed by atoms with van der Waals surface area (Å²) >= 11 is 6.08. The fraction of sp³-hybridized carbons (Fsp3) is 0.414. The van der Waals surface area contributed by atoms with Crippen molar-refractivity contribution in [3.05, 3.63) is 70.6 Å². The van der Waals surface area contributed by atoms with Crippen LogP contribution < -0.4 is 15.4 Å². The molecule has 0 saturated carbocycles. The first kappa shape index (κ1) is 32.0. The van der Waals surface area contributed by atoms with E-state index in [4.69, 9.17) is 21.3 Å². The highest BCUT2D eigenvalue weighted by molar-refractivity contribution is 6.32. The van der Waals surface area contributed by atoms with Crippen LogP contribution in [0.1, 0.15) is 61.9 Å². The van der Waals surface area contributed by atoms with Crippen molar-refractivity contribution < 1.29 is 32.6 Å². The Kier molecular flexibility index (Phi) is 10.8. The normalized spacial score (nSPS) is 13.8. The number of aliphatic hydroxyl groups excluding tert-OH is 1. The molecule has 0 bridgehead atoms. The molecule has 0 aliphatic heterocycles. The molecule has 3 rings (SSSR count). The van der Waals surface area contributed by atoms with Gasteiger partial charge in [-0.1, -0.05) is 35.9 Å². The van der Waals surface area contributed by atoms with Crippen molar-refractivity contribution in [3.8, 4) is 17.0 Å². The largest absolute Gasteiger partial charge is 0.480 e. The number of alkyl halides is 3. The van der Waals surface area contributed by atoms with Crippen LogP contribution in [0, 0.1) is 0 Å². The summed E-state index contributed by atoms with van der Waals surface area (Å²) in [6, 6.07) is 10.8. The molecule has 1 heterocycles. The summed E-state index contributed by atoms with van der Waals surface area (Å²) in [4.78, 5) is 29.1. The number of amides is 2. The second kappa shape index (κ2) is 13.9. The van der Waals surface area contributed by atoms with E-state index in [-0.39, 0.29) is 41.3 Å². The SMILES string of the molecule is CCn1cc(-c2ccc(C[C@@H](CCO)NC(=O)c3ccc(O[C@@H](C)C(F)(F)F)c(Cl)c3)cc2)nc1[C@H](C)NC(C)=O. The second-order valence-electron chi connectivity index (χ2n) is 9.72. The molecule has 0 unspecified atom stereocenters. The topological polar surface area (TPSA) is 105 Å². The van der Waals surface area contributed by atoms with Crippen LogP contribution in [0.15, 0.2) is 48.7 Å². The summed E-state index contributed by atoms with van der Waals surface area (Å²) in [5, 5.41) is 15.1. The fourth-order valence-electron chi connectivity index (χ4n) is 4.28. The predicted molar refractivity (Wildman–Crippen MR) is 150 cm³/mol. The van der Waals surface area contributed by atoms with Gasteiger partial charge in [-0.3, -0.25) is 9.59 Å². The van der Waals surface area contributed by atoms with Crippen LogP contribution in [0.3, 0.4) is 0 Å². The van der Waals surface area contributed by atoms with Gasteiger partial charge in [0.25, 0.3) is 5.91 Å². The number of aliphatic hydroxyl groups is 1. The van der Waals surface area contributed by atoms with E-state index in [0.29, 0.717) is 13.0 Å². The summed E-state index contributed by atoms with van der Waals surface area (Å²) < 4.78 is 45.3. The Bertz CT molecular complexity index is 1340. The first-order valence-electron chi connectivity index (χ1n) is 13.2. The molecule has 3 aromatic rings. The number of benzene rings is 2. The van der Waals surface area contributed by atoms with Gasteiger partial charge in [0.1, 0.15) is 11.6 Å². The number of ether oxygens (including phenoxy) is 1. The molecule has 0 radical (unpaired) electrons. The van der Waals surface area contributed by atoms with Gasteiger partial charge in [0.05, 0.1) is 16.8 Å². The van der Waals surface area contributed by atoms with E-state index in [9.17, 15) is 27.9 Å². The molecule has 1 aromatic heterocycles. The van der Waals surface area contributed by atoms with Gasteiger partial charge in [-0.05, 0) is 57.4 Å². The van der Waals surface area contributed by atoms with E-state index in [0.717, 1.165) is 29.6 Å². The van der Waals surface area contributed by atoms with Crippen LogP contribution in [0.2, 0.25) is 5.02 Å². The minimum atomic E-state index is -4.55. The van der Waals surface area contributed by atoms with Crippen LogP contribution in [0.5, 0.6) is 5.75 Å². The number of rotatable bonds is 12. The van der Waals surface area contributed by atoms with E-state index in [1.165, 1.54) is 25.1 Å². The Balaban J connectivity index is 1.69. The molecular formula is C29H34ClF3N4O4. The molecule has 3 N–H and O–H groups in total. The van der Waals surface area contributed by atoms with Gasteiger partial charge in [-0.2, -0.15) is 13.2 Å². The lowest BCUT2D eigenvalue weighted by molar-refractivity contribution is -0.189. The van der Waals surface area contributed by atoms with Gasteiger partial charge in [0, 0.05) is 43.4 Å². The van der Waals surface area contributed by atoms with Gasteiger partial charge >= 0.3 is 6.18 Å². The zero-order valence-electron chi connectivity index (χ0n) is 23.3. The monoisotopic (exact) mass is 594 g/mol. The first-order chi connectivity index (χ1) is 19.3. The average molecular weight is 595 g/mol. The molecule has 222 valence electrons. The Morgan fingerprint density at radius 1 is 1.12 bits per heavy atom. The van der Waals surface area contributed by atoms with Gasteiger partial charge in [0.15, 0.2) is 6.10 Å². The van der Waals surface area contributed by atoms with Crippen LogP contribution in [-0.2, 0) is 17.8 Å². The maximum atomic E-state index is 12.9. The predicted octanol–water partition coefficient (Wildman–Crippen LogP) is 5.47. The first-order valence-corrected chi connectivity index (χ1v) is 13.6. The second-order valence-corrected chi connectivity index (χ2v) is 10.1. The fourth-order valence-corrected chi connectivity index (χ4v) is 4.50. The number of nitrogens with zero attached hydrogens (tertiary/aromatic N) is 2. The third kappa shape index (κ3) is 8.71. The number of nitrogens with one attached hydrogen (secondary N) is 2. The summed E-state index contributed by atoms with van der Waals surface area (Å²) in [6.45, 7) is 6.75. The van der Waals surface area contributed by atoms with Crippen LogP contribution in [0.4, 0.5) is 13.2 Å². The number of hydrogen-bond donors (Lipinski definition) is 3. The molecule has 41 heavy (non-hydrogen) atoms. The number of carbonyl (C=O) groups excluding carboxylic acids is 2. The molecule has 8 nitrogen and oxygen atoms in total. The number of carbonyl (C=O) groups is 2. The van der Waals surface area contributed by atoms with E-state index in [1.807, 2.05) is 48.9 Å². The number of imidazole rings is 1. The summed E-state index contributed by atoms with van der Waals surface area (Å²) in [5.41, 5.74) is 2.71. The van der Waals surface area contributed by atoms with Gasteiger partial charge in [-0.25, -0.2) is 4.98 Å². The highest BCUT2D eigenvalue weighted by Crippen LogP contribution is 2.31. The van der Waals surface area contributed by atoms with Crippen molar-refractivity contribution in [1.82, 2.24) is 20.2 Å². The minimum Gasteiger partial charge on any atom is -0.480 e. The Morgan fingerprint density at radius 3 is 2.37 bits per heavy atom. The standard InChI is InChI=1S/C29H34ClF3N4O4/c1-5-37-16-25(36-27(37)17(2)34-19(4)39)21-8-6-20(7-9-21)14-23(12-13-38)35-28(40)22-10-11-26(24(30)15-22)41-18(3)29(31,32)33/h6-11,15-18,23,38H,5,12-14H2,1-4H3,(H,34,39)(H,35,40)/t17-,18-,23+/m0/s1. The summed E-state index contributed by atoms with van der Waals surface area (Å²) in [5.74, 6) is -0.0471. The third-order valence-electron chi connectivity index (χ3n) is 6.46. The van der Waals surface area contributed by atoms with Crippen molar-refractivity contribution in [2.45, 2.75) is 71.4 Å². The zero-order valence-corrected chi connectivity index (χ0v) is 24.0. The quantitative estimate of drug-likeness (QED) is 0.258. The lowest BCUT2D eigenvalue weighted by Gasteiger charge is -2.20. The maximum absolute atomic E-state index is 12.9. The van der Waals surface area contributed by atoms with E-state index < -0.39 is 24.2 Å². The lowest BCUT2D eigenvalue weighted by atomic mass is 10.0. The van der Waals surface area contributed by atoms with Gasteiger partial charge in [-0.15, -0.1) is 0 Å². The minimum absolute atomic E-state index is 0.122. The molecule has 2 aromatic carbocycles. The molecule has 0 fully saturated rings. The molecule has 3 atom stereocenters. The number of halogens is 4. The van der Waals surface area contributed by atoms with Gasteiger partial charge < -0.3 is 25.0 Å². The third-order valence-corrected chi connectivity index (χ3v) is 6.75. The Morgan fingerprint density at radius 2 is 1.80 bits per heavy atom. The lowest BCUT2D eigenvalue weighted by Crippen LogP contribution is -2.37. The molecule has 0 saturated heterocycles.